The Bertz CT molecular complexity index is 677. The minimum Gasteiger partial charge on any atom is -0.345 e. The third-order valence-electron chi connectivity index (χ3n) is 2.94. The van der Waals surface area contributed by atoms with Crippen LogP contribution in [0.25, 0.3) is 11.0 Å². The fourth-order valence-electron chi connectivity index (χ4n) is 2.00. The zero-order valence-electron chi connectivity index (χ0n) is 11.9. The first-order chi connectivity index (χ1) is 9.38. The summed E-state index contributed by atoms with van der Waals surface area (Å²) in [7, 11) is 1.82. The Balaban J connectivity index is 2.20. The van der Waals surface area contributed by atoms with E-state index in [9.17, 15) is 9.59 Å². The van der Waals surface area contributed by atoms with Crippen molar-refractivity contribution < 1.29 is 9.59 Å². The number of anilines is 1. The number of nitrogens with one attached hydrogen (secondary N) is 2. The summed E-state index contributed by atoms with van der Waals surface area (Å²) in [6, 6.07) is 1.22. The maximum atomic E-state index is 11.9. The van der Waals surface area contributed by atoms with Crippen molar-refractivity contribution >= 4 is 28.5 Å². The number of amides is 2. The molecule has 0 aliphatic heterocycles. The molecular weight excluding hydrogens is 258 g/mol. The molecule has 0 fully saturated rings. The van der Waals surface area contributed by atoms with Gasteiger partial charge in [-0.25, -0.2) is 4.98 Å². The van der Waals surface area contributed by atoms with Gasteiger partial charge in [-0.15, -0.1) is 0 Å². The van der Waals surface area contributed by atoms with Crippen molar-refractivity contribution in [2.45, 2.75) is 26.8 Å². The van der Waals surface area contributed by atoms with Crippen molar-refractivity contribution in [1.29, 1.82) is 0 Å². The van der Waals surface area contributed by atoms with Gasteiger partial charge in [-0.05, 0) is 19.9 Å². The number of carbonyl (C=O) groups is 2. The molecule has 2 rings (SSSR count). The van der Waals surface area contributed by atoms with E-state index in [2.05, 4.69) is 20.7 Å². The molecule has 2 N–H and O–H groups in total. The van der Waals surface area contributed by atoms with Crippen LogP contribution in [0.3, 0.4) is 0 Å². The number of carbonyl (C=O) groups excluding carboxylic acids is 2. The molecule has 0 radical (unpaired) electrons. The highest BCUT2D eigenvalue weighted by Gasteiger charge is 2.15. The molecule has 2 amide bonds. The molecule has 0 bridgehead atoms. The van der Waals surface area contributed by atoms with Crippen LogP contribution >= 0.6 is 0 Å². The topological polar surface area (TPSA) is 88.9 Å². The normalized spacial score (nSPS) is 12.2. The Morgan fingerprint density at radius 3 is 2.75 bits per heavy atom. The van der Waals surface area contributed by atoms with Crippen LogP contribution in [0, 0.1) is 6.92 Å². The van der Waals surface area contributed by atoms with Gasteiger partial charge in [-0.3, -0.25) is 14.3 Å². The Labute approximate surface area is 116 Å². The van der Waals surface area contributed by atoms with Crippen molar-refractivity contribution in [3.63, 3.8) is 0 Å². The van der Waals surface area contributed by atoms with Gasteiger partial charge < -0.3 is 10.6 Å². The molecule has 0 saturated heterocycles. The number of hydrogen-bond acceptors (Lipinski definition) is 4. The molecule has 1 atom stereocenters. The van der Waals surface area contributed by atoms with Crippen molar-refractivity contribution in [3.05, 3.63) is 18.0 Å². The van der Waals surface area contributed by atoms with Crippen molar-refractivity contribution in [1.82, 2.24) is 20.1 Å². The summed E-state index contributed by atoms with van der Waals surface area (Å²) >= 11 is 0. The molecule has 0 unspecified atom stereocenters. The quantitative estimate of drug-likeness (QED) is 0.864. The number of nitrogens with zero attached hydrogens (tertiary/aromatic N) is 3. The summed E-state index contributed by atoms with van der Waals surface area (Å²) in [5, 5.41) is 10.4. The third kappa shape index (κ3) is 2.76. The lowest BCUT2D eigenvalue weighted by Gasteiger charge is -2.12. The van der Waals surface area contributed by atoms with Gasteiger partial charge >= 0.3 is 0 Å². The number of aromatic nitrogens is 3. The molecule has 106 valence electrons. The van der Waals surface area contributed by atoms with Gasteiger partial charge in [0.25, 0.3) is 0 Å². The van der Waals surface area contributed by atoms with Gasteiger partial charge in [-0.2, -0.15) is 5.10 Å². The second kappa shape index (κ2) is 5.28. The molecule has 2 aromatic rings. The first-order valence-corrected chi connectivity index (χ1v) is 6.26. The SMILES string of the molecule is CC(=O)N[C@H](C)C(=O)Nc1cnc2c(c1)c(C)nn2C. The lowest BCUT2D eigenvalue weighted by Crippen LogP contribution is -2.40. The maximum Gasteiger partial charge on any atom is 0.246 e. The van der Waals surface area contributed by atoms with Crippen LogP contribution in [0.4, 0.5) is 5.69 Å². The van der Waals surface area contributed by atoms with E-state index in [1.165, 1.54) is 6.92 Å². The molecule has 7 nitrogen and oxygen atoms in total. The van der Waals surface area contributed by atoms with Crippen molar-refractivity contribution in [2.24, 2.45) is 7.05 Å². The van der Waals surface area contributed by atoms with Gasteiger partial charge in [0.1, 0.15) is 6.04 Å². The maximum absolute atomic E-state index is 11.9. The smallest absolute Gasteiger partial charge is 0.246 e. The zero-order chi connectivity index (χ0) is 14.9. The highest BCUT2D eigenvalue weighted by molar-refractivity contribution is 5.97. The molecule has 2 aromatic heterocycles. The Kier molecular flexibility index (Phi) is 3.69. The number of hydrogen-bond donors (Lipinski definition) is 2. The second-order valence-electron chi connectivity index (χ2n) is 4.72. The van der Waals surface area contributed by atoms with Gasteiger partial charge in [0.2, 0.25) is 11.8 Å². The fraction of sp³-hybridized carbons (Fsp3) is 0.385. The summed E-state index contributed by atoms with van der Waals surface area (Å²) in [5.74, 6) is -0.535. The number of rotatable bonds is 3. The molecule has 2 heterocycles. The predicted molar refractivity (Wildman–Crippen MR) is 75.2 cm³/mol. The van der Waals surface area contributed by atoms with E-state index in [1.807, 2.05) is 20.0 Å². The first kappa shape index (κ1) is 14.0. The van der Waals surface area contributed by atoms with Gasteiger partial charge in [0, 0.05) is 19.4 Å². The molecule has 0 saturated carbocycles. The molecule has 0 aliphatic rings. The van der Waals surface area contributed by atoms with E-state index in [-0.39, 0.29) is 11.8 Å². The minimum atomic E-state index is -0.599. The lowest BCUT2D eigenvalue weighted by molar-refractivity contribution is -0.124. The van der Waals surface area contributed by atoms with Crippen LogP contribution in [-0.2, 0) is 16.6 Å². The largest absolute Gasteiger partial charge is 0.345 e. The molecule has 7 heteroatoms. The van der Waals surface area contributed by atoms with Crippen LogP contribution < -0.4 is 10.6 Å². The minimum absolute atomic E-state index is 0.246. The summed E-state index contributed by atoms with van der Waals surface area (Å²) in [4.78, 5) is 27.1. The monoisotopic (exact) mass is 275 g/mol. The molecule has 0 aromatic carbocycles. The number of fused-ring (bicyclic) bond motifs is 1. The van der Waals surface area contributed by atoms with E-state index < -0.39 is 6.04 Å². The first-order valence-electron chi connectivity index (χ1n) is 6.26. The third-order valence-corrected chi connectivity index (χ3v) is 2.94. The summed E-state index contributed by atoms with van der Waals surface area (Å²) in [6.45, 7) is 4.88. The van der Waals surface area contributed by atoms with Crippen molar-refractivity contribution in [2.75, 3.05) is 5.32 Å². The summed E-state index contributed by atoms with van der Waals surface area (Å²) in [6.07, 6.45) is 1.57. The average molecular weight is 275 g/mol. The highest BCUT2D eigenvalue weighted by atomic mass is 16.2. The van der Waals surface area contributed by atoms with E-state index >= 15 is 0 Å². The van der Waals surface area contributed by atoms with Gasteiger partial charge in [0.05, 0.1) is 17.6 Å². The highest BCUT2D eigenvalue weighted by Crippen LogP contribution is 2.19. The number of aryl methyl sites for hydroxylation is 2. The lowest BCUT2D eigenvalue weighted by atomic mass is 10.2. The molecule has 0 aliphatic carbocycles. The molecular formula is C13H17N5O2. The Hall–Kier alpha value is -2.44. The molecule has 20 heavy (non-hydrogen) atoms. The average Bonchev–Trinajstić information content (AvgIpc) is 2.64. The van der Waals surface area contributed by atoms with Crippen molar-refractivity contribution in [3.8, 4) is 0 Å². The van der Waals surface area contributed by atoms with Crippen LogP contribution in [0.15, 0.2) is 12.3 Å². The van der Waals surface area contributed by atoms with Crippen LogP contribution in [-0.4, -0.2) is 32.6 Å². The van der Waals surface area contributed by atoms with Crippen LogP contribution in [0.1, 0.15) is 19.5 Å². The Morgan fingerprint density at radius 1 is 1.40 bits per heavy atom. The standard InChI is InChI=1S/C13H17N5O2/c1-7-11-5-10(6-14-12(11)18(4)17-7)16-13(20)8(2)15-9(3)19/h5-6,8H,1-4H3,(H,15,19)(H,16,20)/t8-/m1/s1. The Morgan fingerprint density at radius 2 is 2.10 bits per heavy atom. The van der Waals surface area contributed by atoms with Gasteiger partial charge in [0.15, 0.2) is 5.65 Å². The zero-order valence-corrected chi connectivity index (χ0v) is 11.9. The second-order valence-corrected chi connectivity index (χ2v) is 4.72. The van der Waals surface area contributed by atoms with Crippen LogP contribution in [0.2, 0.25) is 0 Å². The van der Waals surface area contributed by atoms with Crippen LogP contribution in [0.5, 0.6) is 0 Å². The summed E-state index contributed by atoms with van der Waals surface area (Å²) < 4.78 is 1.69. The van der Waals surface area contributed by atoms with E-state index in [0.29, 0.717) is 5.69 Å². The number of pyridine rings is 1. The predicted octanol–water partition coefficient (Wildman–Crippen LogP) is 0.740. The van der Waals surface area contributed by atoms with E-state index in [0.717, 1.165) is 16.7 Å². The van der Waals surface area contributed by atoms with Gasteiger partial charge in [-0.1, -0.05) is 0 Å². The van der Waals surface area contributed by atoms with E-state index in [1.54, 1.807) is 17.8 Å². The van der Waals surface area contributed by atoms with E-state index in [4.69, 9.17) is 0 Å². The fourth-order valence-corrected chi connectivity index (χ4v) is 2.00. The summed E-state index contributed by atoms with van der Waals surface area (Å²) in [5.41, 5.74) is 2.19. The molecule has 0 spiro atoms.